The van der Waals surface area contributed by atoms with Crippen molar-refractivity contribution in [1.29, 1.82) is 0 Å². The van der Waals surface area contributed by atoms with E-state index in [2.05, 4.69) is 9.84 Å². The number of carbonyl (C=O) groups excluding carboxylic acids is 2. The second kappa shape index (κ2) is 4.37. The van der Waals surface area contributed by atoms with E-state index in [0.29, 0.717) is 5.39 Å². The zero-order valence-electron chi connectivity index (χ0n) is 9.64. The Morgan fingerprint density at radius 3 is 2.76 bits per heavy atom. The Morgan fingerprint density at radius 2 is 2.06 bits per heavy atom. The average molecular weight is 232 g/mol. The highest BCUT2D eigenvalue weighted by Crippen LogP contribution is 2.18. The van der Waals surface area contributed by atoms with Crippen LogP contribution in [0.5, 0.6) is 0 Å². The molecular weight excluding hydrogens is 220 g/mol. The second-order valence-electron chi connectivity index (χ2n) is 3.54. The molecule has 1 aromatic carbocycles. The fraction of sp³-hybridized carbons (Fsp3) is 0.250. The summed E-state index contributed by atoms with van der Waals surface area (Å²) in [6.45, 7) is 1.83. The van der Waals surface area contributed by atoms with Crippen molar-refractivity contribution in [1.82, 2.24) is 9.78 Å². The third kappa shape index (κ3) is 1.91. The van der Waals surface area contributed by atoms with E-state index in [4.69, 9.17) is 0 Å². The van der Waals surface area contributed by atoms with E-state index in [1.54, 1.807) is 30.8 Å². The van der Waals surface area contributed by atoms with Crippen molar-refractivity contribution in [3.05, 3.63) is 30.0 Å². The number of fused-ring (bicyclic) bond motifs is 1. The SMILES string of the molecule is CCOC(=O)C(=O)c1nn(C)c2ccccc12. The molecule has 0 spiro atoms. The van der Waals surface area contributed by atoms with Crippen molar-refractivity contribution >= 4 is 22.7 Å². The molecule has 0 aliphatic rings. The molecule has 88 valence electrons. The van der Waals surface area contributed by atoms with Crippen LogP contribution in [0.1, 0.15) is 17.4 Å². The van der Waals surface area contributed by atoms with Crippen LogP contribution in [0.4, 0.5) is 0 Å². The molecule has 0 saturated carbocycles. The first-order valence-electron chi connectivity index (χ1n) is 5.28. The first-order valence-corrected chi connectivity index (χ1v) is 5.28. The van der Waals surface area contributed by atoms with Crippen LogP contribution >= 0.6 is 0 Å². The molecule has 0 amide bonds. The summed E-state index contributed by atoms with van der Waals surface area (Å²) < 4.78 is 6.25. The molecule has 0 saturated heterocycles. The standard InChI is InChI=1S/C12H12N2O3/c1-3-17-12(16)11(15)10-8-6-4-5-7-9(8)14(2)13-10/h4-7H,3H2,1-2H3. The third-order valence-electron chi connectivity index (χ3n) is 2.43. The van der Waals surface area contributed by atoms with Gasteiger partial charge < -0.3 is 4.74 Å². The Balaban J connectivity index is 2.49. The highest BCUT2D eigenvalue weighted by atomic mass is 16.5. The quantitative estimate of drug-likeness (QED) is 0.455. The topological polar surface area (TPSA) is 61.2 Å². The molecule has 0 unspecified atom stereocenters. The van der Waals surface area contributed by atoms with Crippen LogP contribution in [0.3, 0.4) is 0 Å². The van der Waals surface area contributed by atoms with Crippen LogP contribution < -0.4 is 0 Å². The number of hydrogen-bond acceptors (Lipinski definition) is 4. The van der Waals surface area contributed by atoms with Gasteiger partial charge in [-0.25, -0.2) is 4.79 Å². The van der Waals surface area contributed by atoms with Gasteiger partial charge in [-0.3, -0.25) is 9.48 Å². The number of Topliss-reactive ketones (excluding diaryl/α,β-unsaturated/α-hetero) is 1. The van der Waals surface area contributed by atoms with Gasteiger partial charge in [0.15, 0.2) is 0 Å². The summed E-state index contributed by atoms with van der Waals surface area (Å²) in [5.41, 5.74) is 0.946. The van der Waals surface area contributed by atoms with Crippen LogP contribution in [0.2, 0.25) is 0 Å². The first-order chi connectivity index (χ1) is 8.15. The molecule has 2 rings (SSSR count). The molecule has 0 bridgehead atoms. The number of rotatable bonds is 3. The third-order valence-corrected chi connectivity index (χ3v) is 2.43. The molecule has 2 aromatic rings. The Labute approximate surface area is 98.0 Å². The van der Waals surface area contributed by atoms with Gasteiger partial charge in [-0.2, -0.15) is 5.10 Å². The van der Waals surface area contributed by atoms with Gasteiger partial charge in [0, 0.05) is 12.4 Å². The normalized spacial score (nSPS) is 10.5. The number of carbonyl (C=O) groups is 2. The lowest BCUT2D eigenvalue weighted by atomic mass is 10.1. The average Bonchev–Trinajstić information content (AvgIpc) is 2.67. The van der Waals surface area contributed by atoms with E-state index in [9.17, 15) is 9.59 Å². The first kappa shape index (κ1) is 11.3. The molecule has 0 atom stereocenters. The Morgan fingerprint density at radius 1 is 1.35 bits per heavy atom. The van der Waals surface area contributed by atoms with Gasteiger partial charge >= 0.3 is 5.97 Å². The number of nitrogens with zero attached hydrogens (tertiary/aromatic N) is 2. The van der Waals surface area contributed by atoms with Gasteiger partial charge in [0.2, 0.25) is 0 Å². The lowest BCUT2D eigenvalue weighted by Crippen LogP contribution is -2.18. The minimum absolute atomic E-state index is 0.140. The molecule has 0 aliphatic heterocycles. The number of aryl methyl sites for hydroxylation is 1. The minimum atomic E-state index is -0.864. The monoisotopic (exact) mass is 232 g/mol. The molecule has 0 radical (unpaired) electrons. The Hall–Kier alpha value is -2.17. The predicted molar refractivity (Wildman–Crippen MR) is 61.7 cm³/mol. The summed E-state index contributed by atoms with van der Waals surface area (Å²) in [5, 5.41) is 4.72. The van der Waals surface area contributed by atoms with Crippen LogP contribution in [-0.4, -0.2) is 28.1 Å². The molecular formula is C12H12N2O3. The maximum absolute atomic E-state index is 11.8. The lowest BCUT2D eigenvalue weighted by molar-refractivity contribution is -0.137. The fourth-order valence-corrected chi connectivity index (χ4v) is 1.67. The van der Waals surface area contributed by atoms with E-state index in [0.717, 1.165) is 5.52 Å². The minimum Gasteiger partial charge on any atom is -0.460 e. The van der Waals surface area contributed by atoms with Crippen LogP contribution in [0.25, 0.3) is 10.9 Å². The van der Waals surface area contributed by atoms with Crippen molar-refractivity contribution in [3.63, 3.8) is 0 Å². The molecule has 0 N–H and O–H groups in total. The van der Waals surface area contributed by atoms with E-state index in [-0.39, 0.29) is 12.3 Å². The molecule has 1 aromatic heterocycles. The molecule has 17 heavy (non-hydrogen) atoms. The highest BCUT2D eigenvalue weighted by Gasteiger charge is 2.23. The zero-order chi connectivity index (χ0) is 12.4. The Bertz CT molecular complexity index is 586. The zero-order valence-corrected chi connectivity index (χ0v) is 9.64. The summed E-state index contributed by atoms with van der Waals surface area (Å²) in [4.78, 5) is 23.2. The van der Waals surface area contributed by atoms with E-state index < -0.39 is 11.8 Å². The lowest BCUT2D eigenvalue weighted by Gasteiger charge is -1.97. The summed E-state index contributed by atoms with van der Waals surface area (Å²) in [6, 6.07) is 7.24. The summed E-state index contributed by atoms with van der Waals surface area (Å²) in [5.74, 6) is -1.57. The van der Waals surface area contributed by atoms with Gasteiger partial charge in [-0.1, -0.05) is 18.2 Å². The van der Waals surface area contributed by atoms with Crippen molar-refractivity contribution < 1.29 is 14.3 Å². The van der Waals surface area contributed by atoms with Crippen molar-refractivity contribution in [3.8, 4) is 0 Å². The number of benzene rings is 1. The Kier molecular flexibility index (Phi) is 2.91. The largest absolute Gasteiger partial charge is 0.460 e. The smallest absolute Gasteiger partial charge is 0.381 e. The fourth-order valence-electron chi connectivity index (χ4n) is 1.67. The van der Waals surface area contributed by atoms with Crippen LogP contribution in [-0.2, 0) is 16.6 Å². The molecule has 1 heterocycles. The van der Waals surface area contributed by atoms with Crippen molar-refractivity contribution in [2.45, 2.75) is 6.92 Å². The van der Waals surface area contributed by atoms with E-state index in [1.807, 2.05) is 12.1 Å². The van der Waals surface area contributed by atoms with Gasteiger partial charge in [-0.05, 0) is 13.0 Å². The summed E-state index contributed by atoms with van der Waals surface area (Å²) >= 11 is 0. The number of ketones is 1. The number of para-hydroxylation sites is 1. The van der Waals surface area contributed by atoms with Crippen molar-refractivity contribution in [2.75, 3.05) is 6.61 Å². The molecule has 5 nitrogen and oxygen atoms in total. The maximum atomic E-state index is 11.8. The number of hydrogen-bond donors (Lipinski definition) is 0. The maximum Gasteiger partial charge on any atom is 0.381 e. The van der Waals surface area contributed by atoms with Crippen LogP contribution in [0.15, 0.2) is 24.3 Å². The van der Waals surface area contributed by atoms with E-state index >= 15 is 0 Å². The van der Waals surface area contributed by atoms with Gasteiger partial charge in [0.25, 0.3) is 5.78 Å². The van der Waals surface area contributed by atoms with E-state index in [1.165, 1.54) is 0 Å². The van der Waals surface area contributed by atoms with Gasteiger partial charge in [-0.15, -0.1) is 0 Å². The van der Waals surface area contributed by atoms with Crippen molar-refractivity contribution in [2.24, 2.45) is 7.05 Å². The van der Waals surface area contributed by atoms with Gasteiger partial charge in [0.1, 0.15) is 5.69 Å². The predicted octanol–water partition coefficient (Wildman–Crippen LogP) is 1.32. The highest BCUT2D eigenvalue weighted by molar-refractivity contribution is 6.42. The van der Waals surface area contributed by atoms with Gasteiger partial charge in [0.05, 0.1) is 12.1 Å². The summed E-state index contributed by atoms with van der Waals surface area (Å²) in [6.07, 6.45) is 0. The van der Waals surface area contributed by atoms with Crippen LogP contribution in [0, 0.1) is 0 Å². The molecule has 0 fully saturated rings. The molecule has 5 heteroatoms. The second-order valence-corrected chi connectivity index (χ2v) is 3.54. The number of esters is 1. The number of aromatic nitrogens is 2. The molecule has 0 aliphatic carbocycles. The number of ether oxygens (including phenoxy) is 1. The summed E-state index contributed by atoms with van der Waals surface area (Å²) in [7, 11) is 1.73.